The first kappa shape index (κ1) is 30.1. The first-order valence-corrected chi connectivity index (χ1v) is 12.7. The Morgan fingerprint density at radius 3 is 2.44 bits per heavy atom. The molecule has 0 amide bonds. The lowest BCUT2D eigenvalue weighted by Gasteiger charge is -2.26. The number of thiophene rings is 1. The van der Waals surface area contributed by atoms with Gasteiger partial charge in [-0.1, -0.05) is 26.8 Å². The number of carbonyl (C=O) groups excluding carboxylic acids is 1. The normalized spacial score (nSPS) is 12.6. The molecular weight excluding hydrogens is 591 g/mol. The van der Waals surface area contributed by atoms with Gasteiger partial charge in [-0.15, -0.1) is 28.3 Å². The predicted octanol–water partition coefficient (Wildman–Crippen LogP) is 5.93. The molecule has 208 valence electrons. The third-order valence-electron chi connectivity index (χ3n) is 6.29. The maximum Gasteiger partial charge on any atom is 0.341 e. The summed E-state index contributed by atoms with van der Waals surface area (Å²) in [6.45, 7) is 5.37. The van der Waals surface area contributed by atoms with E-state index >= 15 is 4.39 Å². The smallest absolute Gasteiger partial charge is 0.341 e. The second kappa shape index (κ2) is 11.7. The van der Waals surface area contributed by atoms with Crippen LogP contribution < -0.4 is 14.2 Å². The Balaban J connectivity index is 0.00000420. The van der Waals surface area contributed by atoms with Crippen LogP contribution in [-0.2, 0) is 16.8 Å². The minimum atomic E-state index is -1.10. The number of Topliss-reactive ketones (excluding diaryl/α,β-unsaturated/α-hetero) is 1. The van der Waals surface area contributed by atoms with Crippen molar-refractivity contribution in [2.24, 2.45) is 0 Å². The van der Waals surface area contributed by atoms with Gasteiger partial charge in [-0.3, -0.25) is 10.2 Å². The highest BCUT2D eigenvalue weighted by molar-refractivity contribution is 8.93. The number of aliphatic carboxylic acids is 1. The van der Waals surface area contributed by atoms with Gasteiger partial charge in [0.1, 0.15) is 11.6 Å². The molecule has 8 nitrogen and oxygen atoms in total. The van der Waals surface area contributed by atoms with E-state index in [0.29, 0.717) is 28.0 Å². The highest BCUT2D eigenvalue weighted by atomic mass is 79.9. The van der Waals surface area contributed by atoms with Gasteiger partial charge < -0.3 is 24.2 Å². The van der Waals surface area contributed by atoms with Crippen LogP contribution in [0, 0.1) is 11.2 Å². The van der Waals surface area contributed by atoms with Gasteiger partial charge in [0.15, 0.2) is 29.7 Å². The van der Waals surface area contributed by atoms with E-state index in [1.165, 1.54) is 30.5 Å². The molecule has 1 aliphatic heterocycles. The van der Waals surface area contributed by atoms with Crippen molar-refractivity contribution in [2.75, 3.05) is 27.4 Å². The van der Waals surface area contributed by atoms with Gasteiger partial charge in [-0.25, -0.2) is 9.18 Å². The number of amidine groups is 1. The van der Waals surface area contributed by atoms with E-state index in [2.05, 4.69) is 0 Å². The minimum Gasteiger partial charge on any atom is -0.493 e. The van der Waals surface area contributed by atoms with E-state index in [9.17, 15) is 14.7 Å². The molecule has 4 rings (SSSR count). The fraction of sp³-hybridized carbons (Fsp3) is 0.321. The molecule has 0 radical (unpaired) electrons. The monoisotopic (exact) mass is 620 g/mol. The molecule has 39 heavy (non-hydrogen) atoms. The van der Waals surface area contributed by atoms with Gasteiger partial charge in [0.05, 0.1) is 26.3 Å². The van der Waals surface area contributed by atoms with Gasteiger partial charge in [-0.2, -0.15) is 0 Å². The van der Waals surface area contributed by atoms with E-state index in [0.717, 1.165) is 4.88 Å². The second-order valence-corrected chi connectivity index (χ2v) is 10.8. The molecule has 0 saturated carbocycles. The lowest BCUT2D eigenvalue weighted by atomic mass is 9.83. The summed E-state index contributed by atoms with van der Waals surface area (Å²) in [5.41, 5.74) is 1.85. The topological polar surface area (TPSA) is 109 Å². The molecule has 1 aromatic heterocycles. The van der Waals surface area contributed by atoms with Crippen molar-refractivity contribution in [1.82, 2.24) is 4.90 Å². The van der Waals surface area contributed by atoms with Crippen molar-refractivity contribution in [2.45, 2.75) is 32.7 Å². The Morgan fingerprint density at radius 1 is 1.15 bits per heavy atom. The van der Waals surface area contributed by atoms with Gasteiger partial charge in [-0.05, 0) is 40.6 Å². The standard InChI is InChI=1S/C28H29FN2O6S.BrH/c1-28(2,3)18-10-15(9-17(21-7-6-8-38-21)25(18)37-14-22(33)34)19(32)13-31-12-16-11-20(35-4)26(36-5)24(29)23(16)27(31)30;/h6-11,30H,12-14H2,1-5H3,(H,33,34);1H. The van der Waals surface area contributed by atoms with Gasteiger partial charge >= 0.3 is 5.97 Å². The summed E-state index contributed by atoms with van der Waals surface area (Å²) in [4.78, 5) is 27.2. The fourth-order valence-corrected chi connectivity index (χ4v) is 5.21. The molecule has 2 N–H and O–H groups in total. The fourth-order valence-electron chi connectivity index (χ4n) is 4.47. The van der Waals surface area contributed by atoms with Crippen LogP contribution in [0.2, 0.25) is 0 Å². The molecule has 2 heterocycles. The number of rotatable bonds is 9. The maximum atomic E-state index is 15.2. The third kappa shape index (κ3) is 5.94. The minimum absolute atomic E-state index is 0. The van der Waals surface area contributed by atoms with Crippen molar-refractivity contribution in [1.29, 1.82) is 5.41 Å². The predicted molar refractivity (Wildman–Crippen MR) is 153 cm³/mol. The van der Waals surface area contributed by atoms with E-state index in [1.807, 2.05) is 38.3 Å². The molecule has 0 bridgehead atoms. The summed E-state index contributed by atoms with van der Waals surface area (Å²) in [5.74, 6) is -1.63. The first-order valence-electron chi connectivity index (χ1n) is 11.8. The number of nitrogens with zero attached hydrogens (tertiary/aromatic N) is 1. The number of methoxy groups -OCH3 is 2. The summed E-state index contributed by atoms with van der Waals surface area (Å²) >= 11 is 1.45. The molecule has 0 aliphatic carbocycles. The number of nitrogens with one attached hydrogen (secondary N) is 1. The van der Waals surface area contributed by atoms with Gasteiger partial charge in [0, 0.05) is 28.1 Å². The van der Waals surface area contributed by atoms with Crippen LogP contribution in [0.5, 0.6) is 17.2 Å². The highest BCUT2D eigenvalue weighted by Gasteiger charge is 2.33. The Labute approximate surface area is 240 Å². The lowest BCUT2D eigenvalue weighted by molar-refractivity contribution is -0.139. The number of halogens is 2. The first-order chi connectivity index (χ1) is 18.0. The van der Waals surface area contributed by atoms with Crippen LogP contribution in [0.1, 0.15) is 47.8 Å². The zero-order valence-electron chi connectivity index (χ0n) is 22.2. The largest absolute Gasteiger partial charge is 0.493 e. The van der Waals surface area contributed by atoms with Crippen molar-refractivity contribution < 1.29 is 33.3 Å². The SMILES string of the molecule is Br.COc1cc2c(c(F)c1OC)C(=N)N(CC(=O)c1cc(-c3cccs3)c(OCC(=O)O)c(C(C)(C)C)c1)C2. The van der Waals surface area contributed by atoms with E-state index in [1.54, 1.807) is 18.2 Å². The van der Waals surface area contributed by atoms with Crippen LogP contribution in [0.15, 0.2) is 35.7 Å². The van der Waals surface area contributed by atoms with Crippen LogP contribution >= 0.6 is 28.3 Å². The Bertz CT molecular complexity index is 1420. The van der Waals surface area contributed by atoms with Crippen molar-refractivity contribution in [3.8, 4) is 27.7 Å². The van der Waals surface area contributed by atoms with Crippen molar-refractivity contribution in [3.63, 3.8) is 0 Å². The third-order valence-corrected chi connectivity index (χ3v) is 7.19. The number of benzene rings is 2. The summed E-state index contributed by atoms with van der Waals surface area (Å²) in [6, 6.07) is 8.78. The van der Waals surface area contributed by atoms with Crippen LogP contribution in [0.25, 0.3) is 10.4 Å². The van der Waals surface area contributed by atoms with Crippen LogP contribution in [0.3, 0.4) is 0 Å². The zero-order chi connectivity index (χ0) is 27.8. The Hall–Kier alpha value is -3.44. The summed E-state index contributed by atoms with van der Waals surface area (Å²) in [6.07, 6.45) is 0. The summed E-state index contributed by atoms with van der Waals surface area (Å²) in [7, 11) is 2.74. The van der Waals surface area contributed by atoms with E-state index in [-0.39, 0.29) is 58.8 Å². The molecule has 3 aromatic rings. The molecule has 11 heteroatoms. The molecule has 0 unspecified atom stereocenters. The number of carbonyl (C=O) groups is 2. The lowest BCUT2D eigenvalue weighted by Crippen LogP contribution is -2.30. The Morgan fingerprint density at radius 2 is 1.87 bits per heavy atom. The Kier molecular flexibility index (Phi) is 9.07. The quantitative estimate of drug-likeness (QED) is 0.285. The molecule has 0 saturated heterocycles. The second-order valence-electron chi connectivity index (χ2n) is 9.90. The number of carboxylic acid groups (broad SMARTS) is 1. The van der Waals surface area contributed by atoms with Crippen LogP contribution in [-0.4, -0.2) is 55.0 Å². The van der Waals surface area contributed by atoms with Crippen molar-refractivity contribution >= 4 is 45.9 Å². The molecule has 0 fully saturated rings. The number of hydrogen-bond donors (Lipinski definition) is 2. The average molecular weight is 622 g/mol. The van der Waals surface area contributed by atoms with E-state index in [4.69, 9.17) is 19.6 Å². The molecular formula is C28H30BrFN2O6S. The van der Waals surface area contributed by atoms with E-state index < -0.39 is 23.8 Å². The number of ketones is 1. The molecule has 1 aliphatic rings. The highest BCUT2D eigenvalue weighted by Crippen LogP contribution is 2.43. The van der Waals surface area contributed by atoms with Crippen LogP contribution in [0.4, 0.5) is 4.39 Å². The van der Waals surface area contributed by atoms with Gasteiger partial charge in [0.25, 0.3) is 0 Å². The number of carboxylic acids is 1. The molecule has 0 atom stereocenters. The number of hydrogen-bond acceptors (Lipinski definition) is 7. The van der Waals surface area contributed by atoms with Crippen molar-refractivity contribution in [3.05, 3.63) is 63.8 Å². The summed E-state index contributed by atoms with van der Waals surface area (Å²) < 4.78 is 31.3. The summed E-state index contributed by atoms with van der Waals surface area (Å²) in [5, 5.41) is 19.7. The molecule has 2 aromatic carbocycles. The average Bonchev–Trinajstić information content (AvgIpc) is 3.50. The number of ether oxygens (including phenoxy) is 3. The molecule has 0 spiro atoms. The zero-order valence-corrected chi connectivity index (χ0v) is 24.7. The maximum absolute atomic E-state index is 15.2. The number of fused-ring (bicyclic) bond motifs is 1. The van der Waals surface area contributed by atoms with Gasteiger partial charge in [0.2, 0.25) is 0 Å².